The molecule has 4 N–H and O–H groups in total. The van der Waals surface area contributed by atoms with E-state index in [2.05, 4.69) is 22.6 Å². The van der Waals surface area contributed by atoms with Crippen molar-refractivity contribution in [3.05, 3.63) is 0 Å². The minimum Gasteiger partial charge on any atom is -0.394 e. The first-order valence-electron chi connectivity index (χ1n) is 8.54. The average Bonchev–Trinajstić information content (AvgIpc) is 2.58. The van der Waals surface area contributed by atoms with Crippen LogP contribution in [0.5, 0.6) is 0 Å². The van der Waals surface area contributed by atoms with Crippen LogP contribution in [0.4, 0.5) is 0 Å². The third-order valence-electron chi connectivity index (χ3n) is 4.36. The van der Waals surface area contributed by atoms with Crippen LogP contribution < -0.4 is 0 Å². The molecule has 0 bridgehead atoms. The second-order valence-corrected chi connectivity index (χ2v) is 8.71. The van der Waals surface area contributed by atoms with Crippen LogP contribution in [0.2, 0.25) is 0 Å². The highest BCUT2D eigenvalue weighted by Crippen LogP contribution is 2.38. The highest BCUT2D eigenvalue weighted by molar-refractivity contribution is 14.1. The molecule has 0 aromatic heterocycles. The number of hydrogen-bond acceptors (Lipinski definition) is 8. The molecule has 2 aliphatic rings. The summed E-state index contributed by atoms with van der Waals surface area (Å²) in [6, 6.07) is 0. The van der Waals surface area contributed by atoms with Gasteiger partial charge in [-0.15, -0.1) is 0 Å². The standard InChI is InChI=1S/C14H25IO8.C2H6/c1-6-12(19)14(2,15)4-8(21-6)23-11-10(18)9(17)7(5-16)22-13(11)20-3;1-2/h6-13,16-19H,4-5H2,1-3H3;1-2H3. The molecule has 0 saturated carbocycles. The highest BCUT2D eigenvalue weighted by Gasteiger charge is 2.49. The van der Waals surface area contributed by atoms with Crippen molar-refractivity contribution in [3.63, 3.8) is 0 Å². The molecule has 2 saturated heterocycles. The summed E-state index contributed by atoms with van der Waals surface area (Å²) in [5, 5.41) is 39.6. The van der Waals surface area contributed by atoms with E-state index < -0.39 is 59.2 Å². The predicted octanol–water partition coefficient (Wildman–Crippen LogP) is 0.173. The molecule has 2 aliphatic heterocycles. The summed E-state index contributed by atoms with van der Waals surface area (Å²) in [6.45, 7) is 7.20. The molecule has 150 valence electrons. The maximum atomic E-state index is 10.3. The minimum atomic E-state index is -1.30. The van der Waals surface area contributed by atoms with Gasteiger partial charge in [0.1, 0.15) is 24.4 Å². The number of aliphatic hydroxyl groups excluding tert-OH is 4. The van der Waals surface area contributed by atoms with Crippen molar-refractivity contribution >= 4 is 22.6 Å². The van der Waals surface area contributed by atoms with Crippen LogP contribution in [0.15, 0.2) is 0 Å². The summed E-state index contributed by atoms with van der Waals surface area (Å²) in [4.78, 5) is 0. The van der Waals surface area contributed by atoms with Crippen LogP contribution >= 0.6 is 22.6 Å². The SMILES string of the molecule is CC.COC1OC(CO)C(O)C(O)C1OC1CC(C)(I)C(O)C(C)O1. The molecule has 9 heteroatoms. The van der Waals surface area contributed by atoms with Gasteiger partial charge in [-0.05, 0) is 13.8 Å². The third-order valence-corrected chi connectivity index (χ3v) is 5.44. The van der Waals surface area contributed by atoms with E-state index in [0.717, 1.165) is 0 Å². The van der Waals surface area contributed by atoms with Crippen molar-refractivity contribution < 1.29 is 39.4 Å². The zero-order chi connectivity index (χ0) is 19.4. The lowest BCUT2D eigenvalue weighted by molar-refractivity contribution is -0.340. The summed E-state index contributed by atoms with van der Waals surface area (Å²) in [5.74, 6) is 0. The Morgan fingerprint density at radius 2 is 1.76 bits per heavy atom. The molecular weight excluding hydrogens is 447 g/mol. The van der Waals surface area contributed by atoms with Crippen molar-refractivity contribution in [2.24, 2.45) is 0 Å². The first-order chi connectivity index (χ1) is 11.7. The number of alkyl halides is 1. The average molecular weight is 478 g/mol. The smallest absolute Gasteiger partial charge is 0.186 e. The van der Waals surface area contributed by atoms with Crippen LogP contribution in [0.1, 0.15) is 34.1 Å². The second-order valence-electron chi connectivity index (χ2n) is 6.24. The predicted molar refractivity (Wildman–Crippen MR) is 98.4 cm³/mol. The Morgan fingerprint density at radius 3 is 2.24 bits per heavy atom. The maximum Gasteiger partial charge on any atom is 0.186 e. The molecule has 2 rings (SSSR count). The zero-order valence-electron chi connectivity index (χ0n) is 15.3. The van der Waals surface area contributed by atoms with Crippen molar-refractivity contribution in [1.29, 1.82) is 0 Å². The maximum absolute atomic E-state index is 10.3. The quantitative estimate of drug-likeness (QED) is 0.334. The van der Waals surface area contributed by atoms with Gasteiger partial charge in [-0.25, -0.2) is 0 Å². The lowest BCUT2D eigenvalue weighted by Crippen LogP contribution is -2.61. The van der Waals surface area contributed by atoms with E-state index in [1.165, 1.54) is 7.11 Å². The van der Waals surface area contributed by atoms with Crippen LogP contribution in [-0.4, -0.2) is 86.8 Å². The van der Waals surface area contributed by atoms with E-state index in [1.54, 1.807) is 6.92 Å². The van der Waals surface area contributed by atoms with Gasteiger partial charge in [0.2, 0.25) is 0 Å². The molecule has 25 heavy (non-hydrogen) atoms. The van der Waals surface area contributed by atoms with Gasteiger partial charge in [-0.1, -0.05) is 36.4 Å². The molecule has 9 unspecified atom stereocenters. The molecule has 2 fully saturated rings. The Hall–Kier alpha value is 0.410. The lowest BCUT2D eigenvalue weighted by Gasteiger charge is -2.46. The van der Waals surface area contributed by atoms with E-state index in [0.29, 0.717) is 6.42 Å². The number of halogens is 1. The summed E-state index contributed by atoms with van der Waals surface area (Å²) < 4.78 is 21.5. The van der Waals surface area contributed by atoms with Gasteiger partial charge in [-0.3, -0.25) is 0 Å². The van der Waals surface area contributed by atoms with E-state index in [-0.39, 0.29) is 0 Å². The zero-order valence-corrected chi connectivity index (χ0v) is 17.5. The number of ether oxygens (including phenoxy) is 4. The molecule has 8 nitrogen and oxygen atoms in total. The summed E-state index contributed by atoms with van der Waals surface area (Å²) in [7, 11) is 1.39. The van der Waals surface area contributed by atoms with Crippen LogP contribution in [-0.2, 0) is 18.9 Å². The topological polar surface area (TPSA) is 118 Å². The van der Waals surface area contributed by atoms with Crippen molar-refractivity contribution in [2.75, 3.05) is 13.7 Å². The van der Waals surface area contributed by atoms with Gasteiger partial charge in [-0.2, -0.15) is 0 Å². The molecule has 0 spiro atoms. The fraction of sp³-hybridized carbons (Fsp3) is 1.00. The van der Waals surface area contributed by atoms with Crippen molar-refractivity contribution in [2.45, 2.75) is 86.7 Å². The number of methoxy groups -OCH3 is 1. The van der Waals surface area contributed by atoms with Crippen LogP contribution in [0.25, 0.3) is 0 Å². The molecular formula is C16H31IO8. The van der Waals surface area contributed by atoms with Gasteiger partial charge in [0, 0.05) is 13.5 Å². The van der Waals surface area contributed by atoms with Gasteiger partial charge in [0.25, 0.3) is 0 Å². The van der Waals surface area contributed by atoms with E-state index in [9.17, 15) is 20.4 Å². The van der Waals surface area contributed by atoms with E-state index in [1.807, 2.05) is 20.8 Å². The van der Waals surface area contributed by atoms with Gasteiger partial charge < -0.3 is 39.4 Å². The normalized spacial score (nSPS) is 47.8. The molecule has 0 aliphatic carbocycles. The molecule has 0 aromatic carbocycles. The van der Waals surface area contributed by atoms with Crippen LogP contribution in [0, 0.1) is 0 Å². The Labute approximate surface area is 162 Å². The molecule has 2 heterocycles. The molecule has 0 aromatic rings. The second kappa shape index (κ2) is 10.1. The fourth-order valence-electron chi connectivity index (χ4n) is 2.94. The Kier molecular flexibility index (Phi) is 9.46. The summed E-state index contributed by atoms with van der Waals surface area (Å²) in [5.41, 5.74) is 0. The third kappa shape index (κ3) is 5.45. The lowest BCUT2D eigenvalue weighted by atomic mass is 9.93. The molecule has 0 amide bonds. The summed E-state index contributed by atoms with van der Waals surface area (Å²) >= 11 is 2.16. The Balaban J connectivity index is 0.00000151. The van der Waals surface area contributed by atoms with E-state index in [4.69, 9.17) is 18.9 Å². The first kappa shape index (κ1) is 23.4. The first-order valence-corrected chi connectivity index (χ1v) is 9.62. The fourth-order valence-corrected chi connectivity index (χ4v) is 3.81. The monoisotopic (exact) mass is 478 g/mol. The van der Waals surface area contributed by atoms with Gasteiger partial charge >= 0.3 is 0 Å². The highest BCUT2D eigenvalue weighted by atomic mass is 127. The number of rotatable bonds is 4. The van der Waals surface area contributed by atoms with Crippen LogP contribution in [0.3, 0.4) is 0 Å². The van der Waals surface area contributed by atoms with Crippen molar-refractivity contribution in [1.82, 2.24) is 0 Å². The minimum absolute atomic E-state index is 0.401. The number of hydrogen-bond donors (Lipinski definition) is 4. The summed E-state index contributed by atoms with van der Waals surface area (Å²) in [6.07, 6.45) is -6.82. The van der Waals surface area contributed by atoms with Gasteiger partial charge in [0.15, 0.2) is 12.6 Å². The largest absolute Gasteiger partial charge is 0.394 e. The number of aliphatic hydroxyl groups is 4. The Morgan fingerprint density at radius 1 is 1.16 bits per heavy atom. The molecule has 9 atom stereocenters. The Bertz CT molecular complexity index is 394. The van der Waals surface area contributed by atoms with Gasteiger partial charge in [0.05, 0.1) is 22.2 Å². The van der Waals surface area contributed by atoms with Crippen molar-refractivity contribution in [3.8, 4) is 0 Å². The molecule has 0 radical (unpaired) electrons. The van der Waals surface area contributed by atoms with E-state index >= 15 is 0 Å².